The molecule has 154 valence electrons. The van der Waals surface area contributed by atoms with Crippen molar-refractivity contribution >= 4 is 11.9 Å². The molecule has 9 nitrogen and oxygen atoms in total. The molecule has 0 aliphatic carbocycles. The number of hydrogen-bond donors (Lipinski definition) is 2. The number of rotatable bonds is 14. The van der Waals surface area contributed by atoms with E-state index in [4.69, 9.17) is 24.2 Å². The number of nitrogens with one attached hydrogen (secondary N) is 1. The molecule has 0 spiro atoms. The molecular weight excluding hydrogens is 368 g/mol. The second-order valence-electron chi connectivity index (χ2n) is 5.98. The summed E-state index contributed by atoms with van der Waals surface area (Å²) in [6.45, 7) is 0.872. The number of carbonyl (C=O) groups is 2. The summed E-state index contributed by atoms with van der Waals surface area (Å²) in [5, 5.41) is 20.9. The van der Waals surface area contributed by atoms with Crippen LogP contribution in [0.1, 0.15) is 22.3 Å². The minimum atomic E-state index is -1.02. The van der Waals surface area contributed by atoms with Gasteiger partial charge in [0.2, 0.25) is 0 Å². The van der Waals surface area contributed by atoms with E-state index >= 15 is 0 Å². The monoisotopic (exact) mass is 394 g/mol. The Morgan fingerprint density at radius 2 is 1.82 bits per heavy atom. The summed E-state index contributed by atoms with van der Waals surface area (Å²) in [6.07, 6.45) is 0.128. The van der Waals surface area contributed by atoms with Crippen LogP contribution in [0.5, 0.6) is 0 Å². The third-order valence-corrected chi connectivity index (χ3v) is 3.82. The first kappa shape index (κ1) is 23.5. The average molecular weight is 394 g/mol. The lowest BCUT2D eigenvalue weighted by atomic mass is 10.0. The number of aliphatic carboxylic acids is 1. The van der Waals surface area contributed by atoms with Gasteiger partial charge >= 0.3 is 5.97 Å². The van der Waals surface area contributed by atoms with Crippen LogP contribution >= 0.6 is 0 Å². The highest BCUT2D eigenvalue weighted by molar-refractivity contribution is 5.94. The van der Waals surface area contributed by atoms with Crippen LogP contribution in [0.3, 0.4) is 0 Å². The number of methoxy groups -OCH3 is 2. The van der Waals surface area contributed by atoms with Crippen molar-refractivity contribution in [2.75, 3.05) is 47.4 Å². The lowest BCUT2D eigenvalue weighted by Gasteiger charge is -2.22. The fraction of sp³-hybridized carbons (Fsp3) is 0.526. The van der Waals surface area contributed by atoms with E-state index < -0.39 is 17.9 Å². The van der Waals surface area contributed by atoms with Crippen LogP contribution in [-0.4, -0.2) is 70.5 Å². The van der Waals surface area contributed by atoms with Crippen molar-refractivity contribution in [3.8, 4) is 6.07 Å². The predicted octanol–water partition coefficient (Wildman–Crippen LogP) is 1.03. The fourth-order valence-corrected chi connectivity index (χ4v) is 2.37. The summed E-state index contributed by atoms with van der Waals surface area (Å²) in [4.78, 5) is 23.9. The summed E-state index contributed by atoms with van der Waals surface area (Å²) in [5.74, 6) is -2.20. The maximum Gasteiger partial charge on any atom is 0.308 e. The van der Waals surface area contributed by atoms with Gasteiger partial charge in [-0.05, 0) is 30.7 Å². The van der Waals surface area contributed by atoms with Gasteiger partial charge in [0.1, 0.15) is 6.79 Å². The number of carbonyl (C=O) groups excluding carboxylic acids is 1. The van der Waals surface area contributed by atoms with Crippen molar-refractivity contribution in [1.29, 1.82) is 5.26 Å². The van der Waals surface area contributed by atoms with E-state index in [0.29, 0.717) is 24.3 Å². The maximum absolute atomic E-state index is 12.5. The Labute approximate surface area is 164 Å². The van der Waals surface area contributed by atoms with Crippen LogP contribution in [0.2, 0.25) is 0 Å². The topological polar surface area (TPSA) is 127 Å². The SMILES string of the molecule is COCCOCOC[C@H](C[C@@H](COC)C(=O)O)NC(=O)c1ccc(C#N)cc1. The molecule has 0 fully saturated rings. The van der Waals surface area contributed by atoms with E-state index in [0.717, 1.165) is 0 Å². The van der Waals surface area contributed by atoms with Gasteiger partial charge in [-0.15, -0.1) is 0 Å². The zero-order valence-corrected chi connectivity index (χ0v) is 16.1. The zero-order valence-electron chi connectivity index (χ0n) is 16.1. The minimum Gasteiger partial charge on any atom is -0.481 e. The summed E-state index contributed by atoms with van der Waals surface area (Å²) in [6, 6.07) is 7.55. The van der Waals surface area contributed by atoms with Gasteiger partial charge in [0, 0.05) is 19.8 Å². The van der Waals surface area contributed by atoms with E-state index in [1.54, 1.807) is 7.11 Å². The molecule has 1 aromatic rings. The molecule has 0 aromatic heterocycles. The molecule has 0 bridgehead atoms. The quantitative estimate of drug-likeness (QED) is 0.354. The Hall–Kier alpha value is -2.51. The molecule has 0 saturated heterocycles. The van der Waals surface area contributed by atoms with Gasteiger partial charge in [-0.1, -0.05) is 0 Å². The Balaban J connectivity index is 2.70. The highest BCUT2D eigenvalue weighted by Gasteiger charge is 2.24. The molecule has 0 unspecified atom stereocenters. The number of benzene rings is 1. The van der Waals surface area contributed by atoms with Crippen LogP contribution in [0, 0.1) is 17.2 Å². The van der Waals surface area contributed by atoms with Crippen LogP contribution < -0.4 is 5.32 Å². The molecule has 2 N–H and O–H groups in total. The first-order valence-corrected chi connectivity index (χ1v) is 8.69. The van der Waals surface area contributed by atoms with E-state index in [1.807, 2.05) is 6.07 Å². The summed E-state index contributed by atoms with van der Waals surface area (Å²) in [5.41, 5.74) is 0.801. The van der Waals surface area contributed by atoms with E-state index in [1.165, 1.54) is 31.4 Å². The third kappa shape index (κ3) is 8.92. The first-order chi connectivity index (χ1) is 13.5. The number of amides is 1. The number of nitriles is 1. The number of nitrogens with zero attached hydrogens (tertiary/aromatic N) is 1. The molecule has 9 heteroatoms. The van der Waals surface area contributed by atoms with E-state index in [-0.39, 0.29) is 32.3 Å². The average Bonchev–Trinajstić information content (AvgIpc) is 2.69. The molecule has 0 radical (unpaired) electrons. The molecule has 1 amide bonds. The number of hydrogen-bond acceptors (Lipinski definition) is 7. The second-order valence-corrected chi connectivity index (χ2v) is 5.98. The highest BCUT2D eigenvalue weighted by Crippen LogP contribution is 2.11. The van der Waals surface area contributed by atoms with E-state index in [2.05, 4.69) is 5.32 Å². The predicted molar refractivity (Wildman–Crippen MR) is 98.7 cm³/mol. The Morgan fingerprint density at radius 3 is 2.39 bits per heavy atom. The third-order valence-electron chi connectivity index (χ3n) is 3.82. The molecular formula is C19H26N2O7. The molecule has 28 heavy (non-hydrogen) atoms. The molecule has 1 aromatic carbocycles. The molecule has 0 saturated carbocycles. The summed E-state index contributed by atoms with van der Waals surface area (Å²) >= 11 is 0. The first-order valence-electron chi connectivity index (χ1n) is 8.69. The summed E-state index contributed by atoms with van der Waals surface area (Å²) < 4.78 is 20.4. The van der Waals surface area contributed by atoms with Crippen LogP contribution in [0.4, 0.5) is 0 Å². The van der Waals surface area contributed by atoms with Crippen molar-refractivity contribution in [1.82, 2.24) is 5.32 Å². The van der Waals surface area contributed by atoms with Crippen molar-refractivity contribution in [3.63, 3.8) is 0 Å². The van der Waals surface area contributed by atoms with Crippen LogP contribution in [0.15, 0.2) is 24.3 Å². The molecule has 0 heterocycles. The number of carboxylic acids is 1. The number of carboxylic acid groups (broad SMARTS) is 1. The standard InChI is InChI=1S/C19H26N2O7/c1-25-7-8-27-13-28-12-17(9-16(11-26-2)19(23)24)21-18(22)15-5-3-14(10-20)4-6-15/h3-6,16-17H,7-9,11-13H2,1-2H3,(H,21,22)(H,23,24)/t16-,17-/m0/s1. The second kappa shape index (κ2) is 13.6. The lowest BCUT2D eigenvalue weighted by molar-refractivity contribution is -0.144. The smallest absolute Gasteiger partial charge is 0.308 e. The molecule has 1 rings (SSSR count). The Morgan fingerprint density at radius 1 is 1.11 bits per heavy atom. The van der Waals surface area contributed by atoms with Gasteiger partial charge in [-0.2, -0.15) is 5.26 Å². The Bertz CT molecular complexity index is 643. The van der Waals surface area contributed by atoms with Crippen molar-refractivity contribution < 1.29 is 33.6 Å². The van der Waals surface area contributed by atoms with Gasteiger partial charge in [-0.25, -0.2) is 0 Å². The van der Waals surface area contributed by atoms with Crippen molar-refractivity contribution in [2.45, 2.75) is 12.5 Å². The van der Waals surface area contributed by atoms with Crippen molar-refractivity contribution in [2.24, 2.45) is 5.92 Å². The minimum absolute atomic E-state index is 0.00534. The highest BCUT2D eigenvalue weighted by atomic mass is 16.7. The largest absolute Gasteiger partial charge is 0.481 e. The maximum atomic E-state index is 12.5. The normalized spacial score (nSPS) is 12.8. The fourth-order valence-electron chi connectivity index (χ4n) is 2.37. The van der Waals surface area contributed by atoms with E-state index in [9.17, 15) is 14.7 Å². The molecule has 0 aliphatic rings. The zero-order chi connectivity index (χ0) is 20.8. The molecule has 2 atom stereocenters. The van der Waals surface area contributed by atoms with Gasteiger partial charge in [0.15, 0.2) is 0 Å². The molecule has 0 aliphatic heterocycles. The van der Waals surface area contributed by atoms with Gasteiger partial charge in [0.05, 0.1) is 50.0 Å². The van der Waals surface area contributed by atoms with Crippen molar-refractivity contribution in [3.05, 3.63) is 35.4 Å². The Kier molecular flexibility index (Phi) is 11.5. The van der Waals surface area contributed by atoms with Gasteiger partial charge in [-0.3, -0.25) is 9.59 Å². The van der Waals surface area contributed by atoms with Crippen LogP contribution in [0.25, 0.3) is 0 Å². The summed E-state index contributed by atoms with van der Waals surface area (Å²) in [7, 11) is 2.97. The van der Waals surface area contributed by atoms with Gasteiger partial charge < -0.3 is 29.4 Å². The van der Waals surface area contributed by atoms with Crippen LogP contribution in [-0.2, 0) is 23.7 Å². The van der Waals surface area contributed by atoms with Gasteiger partial charge in [0.25, 0.3) is 5.91 Å². The number of ether oxygens (including phenoxy) is 4. The lowest BCUT2D eigenvalue weighted by Crippen LogP contribution is -2.41.